The average Bonchev–Trinajstić information content (AvgIpc) is 3.52. The third-order valence-electron chi connectivity index (χ3n) is 5.94. The highest BCUT2D eigenvalue weighted by Crippen LogP contribution is 2.28. The molecule has 1 unspecified atom stereocenters. The van der Waals surface area contributed by atoms with Crippen molar-refractivity contribution in [3.63, 3.8) is 0 Å². The van der Waals surface area contributed by atoms with Gasteiger partial charge >= 0.3 is 5.97 Å². The van der Waals surface area contributed by atoms with Gasteiger partial charge in [0.1, 0.15) is 4.88 Å². The van der Waals surface area contributed by atoms with Crippen molar-refractivity contribution in [3.05, 3.63) is 99.0 Å². The van der Waals surface area contributed by atoms with Gasteiger partial charge in [-0.25, -0.2) is 4.79 Å². The van der Waals surface area contributed by atoms with Crippen LogP contribution in [0.3, 0.4) is 0 Å². The van der Waals surface area contributed by atoms with E-state index in [4.69, 9.17) is 21.3 Å². The van der Waals surface area contributed by atoms with Gasteiger partial charge < -0.3 is 14.6 Å². The van der Waals surface area contributed by atoms with Gasteiger partial charge in [0, 0.05) is 26.9 Å². The highest BCUT2D eigenvalue weighted by atomic mass is 35.5. The van der Waals surface area contributed by atoms with E-state index in [0.717, 1.165) is 32.4 Å². The van der Waals surface area contributed by atoms with E-state index < -0.39 is 0 Å². The lowest BCUT2D eigenvalue weighted by Gasteiger charge is -2.15. The Labute approximate surface area is 217 Å². The predicted octanol–water partition coefficient (Wildman–Crippen LogP) is 6.62. The Balaban J connectivity index is 1.43. The van der Waals surface area contributed by atoms with Crippen molar-refractivity contribution >= 4 is 56.6 Å². The van der Waals surface area contributed by atoms with E-state index in [1.54, 1.807) is 19.1 Å². The Hall–Kier alpha value is -3.68. The largest absolute Gasteiger partial charge is 0.462 e. The molecule has 8 heteroatoms. The van der Waals surface area contributed by atoms with Crippen LogP contribution >= 0.6 is 22.9 Å². The SMILES string of the molecule is CCOC(=O)c1ccc(C(C)NC(=O)c2cc(Cl)cc3ccn(Cc4ccc5ccccc5n4)c23)s1. The number of para-hydroxylation sites is 1. The van der Waals surface area contributed by atoms with Gasteiger partial charge in [-0.15, -0.1) is 11.3 Å². The number of nitrogens with zero attached hydrogens (tertiary/aromatic N) is 2. The van der Waals surface area contributed by atoms with Crippen molar-refractivity contribution in [1.29, 1.82) is 0 Å². The summed E-state index contributed by atoms with van der Waals surface area (Å²) >= 11 is 7.68. The van der Waals surface area contributed by atoms with E-state index in [0.29, 0.717) is 28.6 Å². The molecule has 0 aliphatic carbocycles. The predicted molar refractivity (Wildman–Crippen MR) is 144 cm³/mol. The monoisotopic (exact) mass is 517 g/mol. The van der Waals surface area contributed by atoms with Crippen LogP contribution in [0.15, 0.2) is 72.9 Å². The summed E-state index contributed by atoms with van der Waals surface area (Å²) in [6.07, 6.45) is 1.95. The summed E-state index contributed by atoms with van der Waals surface area (Å²) < 4.78 is 7.09. The van der Waals surface area contributed by atoms with Gasteiger partial charge in [-0.2, -0.15) is 0 Å². The van der Waals surface area contributed by atoms with Crippen molar-refractivity contribution in [3.8, 4) is 0 Å². The fourth-order valence-corrected chi connectivity index (χ4v) is 5.36. The van der Waals surface area contributed by atoms with Crippen LogP contribution in [0.5, 0.6) is 0 Å². The third-order valence-corrected chi connectivity index (χ3v) is 7.40. The second-order valence-electron chi connectivity index (χ2n) is 8.45. The molecule has 6 nitrogen and oxygen atoms in total. The van der Waals surface area contributed by atoms with Crippen LogP contribution in [0.4, 0.5) is 0 Å². The van der Waals surface area contributed by atoms with Gasteiger partial charge in [-0.3, -0.25) is 9.78 Å². The van der Waals surface area contributed by atoms with Gasteiger partial charge in [0.15, 0.2) is 0 Å². The number of pyridine rings is 1. The van der Waals surface area contributed by atoms with Gasteiger partial charge in [0.05, 0.1) is 41.5 Å². The molecule has 5 rings (SSSR count). The third kappa shape index (κ3) is 4.85. The van der Waals surface area contributed by atoms with Crippen molar-refractivity contribution in [2.24, 2.45) is 0 Å². The van der Waals surface area contributed by atoms with Crippen LogP contribution < -0.4 is 5.32 Å². The smallest absolute Gasteiger partial charge is 0.348 e. The molecule has 0 fully saturated rings. The number of thiophene rings is 1. The fraction of sp³-hybridized carbons (Fsp3) is 0.179. The summed E-state index contributed by atoms with van der Waals surface area (Å²) in [5, 5.41) is 5.50. The number of benzene rings is 2. The Morgan fingerprint density at radius 2 is 1.92 bits per heavy atom. The molecule has 5 aromatic rings. The first-order chi connectivity index (χ1) is 17.4. The maximum Gasteiger partial charge on any atom is 0.348 e. The highest BCUT2D eigenvalue weighted by molar-refractivity contribution is 7.14. The lowest BCUT2D eigenvalue weighted by Crippen LogP contribution is -2.26. The van der Waals surface area contributed by atoms with Crippen molar-refractivity contribution in [1.82, 2.24) is 14.9 Å². The molecule has 1 amide bonds. The Morgan fingerprint density at radius 3 is 2.75 bits per heavy atom. The molecule has 1 atom stereocenters. The number of ether oxygens (including phenoxy) is 1. The second-order valence-corrected chi connectivity index (χ2v) is 10.00. The number of halogens is 1. The van der Waals surface area contributed by atoms with E-state index in [-0.39, 0.29) is 17.9 Å². The van der Waals surface area contributed by atoms with Crippen LogP contribution in [0, 0.1) is 0 Å². The Morgan fingerprint density at radius 1 is 1.08 bits per heavy atom. The maximum absolute atomic E-state index is 13.4. The second kappa shape index (κ2) is 10.1. The molecule has 182 valence electrons. The van der Waals surface area contributed by atoms with Gasteiger partial charge in [-0.1, -0.05) is 35.9 Å². The Bertz CT molecular complexity index is 1590. The minimum atomic E-state index is -0.357. The zero-order valence-electron chi connectivity index (χ0n) is 19.8. The molecule has 0 aliphatic heterocycles. The molecular formula is C28H24ClN3O3S. The lowest BCUT2D eigenvalue weighted by atomic mass is 10.1. The van der Waals surface area contributed by atoms with Gasteiger partial charge in [0.2, 0.25) is 0 Å². The number of carbonyl (C=O) groups is 2. The average molecular weight is 518 g/mol. The van der Waals surface area contributed by atoms with Crippen LogP contribution in [0.25, 0.3) is 21.8 Å². The number of esters is 1. The number of fused-ring (bicyclic) bond motifs is 2. The fourth-order valence-electron chi connectivity index (χ4n) is 4.23. The molecular weight excluding hydrogens is 494 g/mol. The normalized spacial score (nSPS) is 12.1. The number of hydrogen-bond acceptors (Lipinski definition) is 5. The van der Waals surface area contributed by atoms with Crippen LogP contribution in [0.2, 0.25) is 5.02 Å². The summed E-state index contributed by atoms with van der Waals surface area (Å²) in [5.74, 6) is -0.601. The zero-order chi connectivity index (χ0) is 25.2. The number of aromatic nitrogens is 2. The molecule has 36 heavy (non-hydrogen) atoms. The molecule has 2 aromatic carbocycles. The Kier molecular flexibility index (Phi) is 6.76. The quantitative estimate of drug-likeness (QED) is 0.246. The van der Waals surface area contributed by atoms with E-state index >= 15 is 0 Å². The van der Waals surface area contributed by atoms with Crippen molar-refractivity contribution in [2.45, 2.75) is 26.4 Å². The molecule has 0 spiro atoms. The molecule has 0 radical (unpaired) electrons. The minimum Gasteiger partial charge on any atom is -0.462 e. The topological polar surface area (TPSA) is 73.2 Å². The number of nitrogens with one attached hydrogen (secondary N) is 1. The standard InChI is InChI=1S/C28H24ClN3O3S/c1-3-35-28(34)25-11-10-24(36-25)17(2)30-27(33)22-15-20(29)14-19-12-13-32(26(19)22)16-21-9-8-18-6-4-5-7-23(18)31-21/h4-15,17H,3,16H2,1-2H3,(H,30,33). The summed E-state index contributed by atoms with van der Waals surface area (Å²) in [5.41, 5.74) is 3.10. The maximum atomic E-state index is 13.4. The summed E-state index contributed by atoms with van der Waals surface area (Å²) in [6.45, 7) is 4.49. The first kappa shape index (κ1) is 24.0. The summed E-state index contributed by atoms with van der Waals surface area (Å²) in [6, 6.07) is 20.8. The number of carbonyl (C=O) groups excluding carboxylic acids is 2. The molecule has 3 aromatic heterocycles. The molecule has 0 saturated carbocycles. The van der Waals surface area contributed by atoms with E-state index in [9.17, 15) is 9.59 Å². The molecule has 0 bridgehead atoms. The van der Waals surface area contributed by atoms with E-state index in [2.05, 4.69) is 11.4 Å². The highest BCUT2D eigenvalue weighted by Gasteiger charge is 2.20. The zero-order valence-corrected chi connectivity index (χ0v) is 21.4. The number of amides is 1. The molecule has 0 aliphatic rings. The molecule has 3 heterocycles. The minimum absolute atomic E-state index is 0.243. The van der Waals surface area contributed by atoms with Crippen molar-refractivity contribution < 1.29 is 14.3 Å². The van der Waals surface area contributed by atoms with E-state index in [1.165, 1.54) is 11.3 Å². The molecule has 0 saturated heterocycles. The van der Waals surface area contributed by atoms with Gasteiger partial charge in [0.25, 0.3) is 5.91 Å². The summed E-state index contributed by atoms with van der Waals surface area (Å²) in [4.78, 5) is 31.6. The summed E-state index contributed by atoms with van der Waals surface area (Å²) in [7, 11) is 0. The van der Waals surface area contributed by atoms with Crippen LogP contribution in [-0.2, 0) is 11.3 Å². The number of rotatable bonds is 7. The van der Waals surface area contributed by atoms with Crippen LogP contribution in [0.1, 0.15) is 50.5 Å². The first-order valence-corrected chi connectivity index (χ1v) is 12.8. The van der Waals surface area contributed by atoms with Crippen LogP contribution in [-0.4, -0.2) is 28.0 Å². The van der Waals surface area contributed by atoms with E-state index in [1.807, 2.05) is 66.2 Å². The lowest BCUT2D eigenvalue weighted by molar-refractivity contribution is 0.0532. The first-order valence-electron chi connectivity index (χ1n) is 11.6. The van der Waals surface area contributed by atoms with Crippen molar-refractivity contribution in [2.75, 3.05) is 6.61 Å². The van der Waals surface area contributed by atoms with Gasteiger partial charge in [-0.05, 0) is 56.3 Å². The molecule has 1 N–H and O–H groups in total. The number of hydrogen-bond donors (Lipinski definition) is 1.